The minimum atomic E-state index is 0.510. The van der Waals surface area contributed by atoms with Crippen LogP contribution < -0.4 is 5.73 Å². The van der Waals surface area contributed by atoms with E-state index in [1.807, 2.05) is 29.8 Å². The summed E-state index contributed by atoms with van der Waals surface area (Å²) < 4.78 is 1.88. The van der Waals surface area contributed by atoms with Crippen LogP contribution in [0, 0.1) is 0 Å². The number of aromatic nitrogens is 3. The van der Waals surface area contributed by atoms with Gasteiger partial charge in [-0.05, 0) is 17.2 Å². The third kappa shape index (κ3) is 3.00. The van der Waals surface area contributed by atoms with E-state index < -0.39 is 0 Å². The van der Waals surface area contributed by atoms with Gasteiger partial charge in [-0.2, -0.15) is 0 Å². The second-order valence-corrected chi connectivity index (χ2v) is 4.99. The highest BCUT2D eigenvalue weighted by molar-refractivity contribution is 7.98. The van der Waals surface area contributed by atoms with Gasteiger partial charge >= 0.3 is 0 Å². The number of hydrogen-bond donors (Lipinski definition) is 1. The summed E-state index contributed by atoms with van der Waals surface area (Å²) in [6, 6.07) is 5.92. The molecule has 17 heavy (non-hydrogen) atoms. The number of hydrogen-bond acceptors (Lipinski definition) is 4. The summed E-state index contributed by atoms with van der Waals surface area (Å²) in [5.74, 6) is 0.774. The van der Waals surface area contributed by atoms with E-state index in [1.165, 1.54) is 0 Å². The van der Waals surface area contributed by atoms with Gasteiger partial charge in [-0.3, -0.25) is 0 Å². The van der Waals surface area contributed by atoms with E-state index in [0.717, 1.165) is 27.1 Å². The molecule has 0 aliphatic carbocycles. The first-order valence-electron chi connectivity index (χ1n) is 5.15. The lowest BCUT2D eigenvalue weighted by Gasteiger charge is -2.05. The summed E-state index contributed by atoms with van der Waals surface area (Å²) in [5.41, 5.74) is 7.68. The molecule has 1 heterocycles. The molecule has 0 atom stereocenters. The molecule has 0 aliphatic rings. The Morgan fingerprint density at radius 2 is 2.29 bits per heavy atom. The van der Waals surface area contributed by atoms with E-state index in [4.69, 9.17) is 17.3 Å². The Hall–Kier alpha value is -1.04. The molecular formula is C11H13ClN4S. The molecule has 4 nitrogen and oxygen atoms in total. The van der Waals surface area contributed by atoms with Gasteiger partial charge in [-0.1, -0.05) is 35.5 Å². The number of halogens is 1. The van der Waals surface area contributed by atoms with Crippen LogP contribution in [0.25, 0.3) is 0 Å². The van der Waals surface area contributed by atoms with Gasteiger partial charge in [0.25, 0.3) is 0 Å². The highest BCUT2D eigenvalue weighted by Crippen LogP contribution is 2.25. The zero-order valence-electron chi connectivity index (χ0n) is 9.43. The monoisotopic (exact) mass is 268 g/mol. The van der Waals surface area contributed by atoms with E-state index in [-0.39, 0.29) is 0 Å². The predicted molar refractivity (Wildman–Crippen MR) is 69.9 cm³/mol. The fraction of sp³-hybridized carbons (Fsp3) is 0.273. The van der Waals surface area contributed by atoms with Gasteiger partial charge in [0.05, 0.1) is 0 Å². The van der Waals surface area contributed by atoms with Crippen LogP contribution in [0.4, 0.5) is 0 Å². The highest BCUT2D eigenvalue weighted by atomic mass is 35.5. The molecule has 2 N–H and O–H groups in total. The molecule has 0 bridgehead atoms. The summed E-state index contributed by atoms with van der Waals surface area (Å²) >= 11 is 7.78. The highest BCUT2D eigenvalue weighted by Gasteiger charge is 2.05. The van der Waals surface area contributed by atoms with Gasteiger partial charge in [0.1, 0.15) is 6.33 Å². The zero-order chi connectivity index (χ0) is 12.3. The minimum absolute atomic E-state index is 0.510. The van der Waals surface area contributed by atoms with Crippen LogP contribution in [0.2, 0.25) is 5.02 Å². The molecule has 0 saturated heterocycles. The molecule has 2 aromatic rings. The molecule has 1 aromatic heterocycles. The van der Waals surface area contributed by atoms with Crippen LogP contribution in [-0.2, 0) is 19.3 Å². The van der Waals surface area contributed by atoms with Crippen LogP contribution in [-0.4, -0.2) is 14.8 Å². The smallest absolute Gasteiger partial charge is 0.191 e. The summed E-state index contributed by atoms with van der Waals surface area (Å²) in [6.07, 6.45) is 1.68. The van der Waals surface area contributed by atoms with Gasteiger partial charge in [-0.25, -0.2) is 0 Å². The number of nitrogens with two attached hydrogens (primary N) is 1. The van der Waals surface area contributed by atoms with Gasteiger partial charge in [0.2, 0.25) is 0 Å². The van der Waals surface area contributed by atoms with Crippen molar-refractivity contribution in [1.29, 1.82) is 0 Å². The van der Waals surface area contributed by atoms with E-state index in [9.17, 15) is 0 Å². The van der Waals surface area contributed by atoms with E-state index in [1.54, 1.807) is 18.1 Å². The van der Waals surface area contributed by atoms with Gasteiger partial charge in [0.15, 0.2) is 5.16 Å². The quantitative estimate of drug-likeness (QED) is 0.864. The first-order valence-corrected chi connectivity index (χ1v) is 6.51. The molecule has 0 spiro atoms. The number of nitrogens with zero attached hydrogens (tertiary/aromatic N) is 3. The molecular weight excluding hydrogens is 256 g/mol. The third-order valence-electron chi connectivity index (χ3n) is 2.38. The molecule has 0 fully saturated rings. The fourth-order valence-electron chi connectivity index (χ4n) is 1.38. The molecule has 0 amide bonds. The topological polar surface area (TPSA) is 56.7 Å². The maximum atomic E-state index is 6.18. The average Bonchev–Trinajstić information content (AvgIpc) is 2.73. The first-order chi connectivity index (χ1) is 8.20. The van der Waals surface area contributed by atoms with Crippen molar-refractivity contribution in [2.24, 2.45) is 12.8 Å². The van der Waals surface area contributed by atoms with Crippen LogP contribution >= 0.6 is 23.4 Å². The fourth-order valence-corrected chi connectivity index (χ4v) is 2.62. The normalized spacial score (nSPS) is 10.8. The summed E-state index contributed by atoms with van der Waals surface area (Å²) in [4.78, 5) is 0. The molecule has 1 aromatic carbocycles. The Balaban J connectivity index is 2.07. The van der Waals surface area contributed by atoms with Crippen molar-refractivity contribution in [2.45, 2.75) is 17.5 Å². The molecule has 6 heteroatoms. The van der Waals surface area contributed by atoms with E-state index in [2.05, 4.69) is 10.2 Å². The van der Waals surface area contributed by atoms with Gasteiger partial charge in [-0.15, -0.1) is 10.2 Å². The lowest BCUT2D eigenvalue weighted by molar-refractivity contribution is 0.788. The largest absolute Gasteiger partial charge is 0.326 e. The number of benzene rings is 1. The Labute approximate surface area is 109 Å². The van der Waals surface area contributed by atoms with Gasteiger partial charge in [0, 0.05) is 24.4 Å². The lowest BCUT2D eigenvalue weighted by Crippen LogP contribution is -1.97. The summed E-state index contributed by atoms with van der Waals surface area (Å²) in [7, 11) is 1.92. The molecule has 90 valence electrons. The second kappa shape index (κ2) is 5.53. The number of rotatable bonds is 4. The molecule has 0 radical (unpaired) electrons. The Morgan fingerprint density at radius 1 is 1.47 bits per heavy atom. The van der Waals surface area contributed by atoms with Crippen molar-refractivity contribution in [3.8, 4) is 0 Å². The maximum absolute atomic E-state index is 6.18. The lowest BCUT2D eigenvalue weighted by atomic mass is 10.1. The molecule has 0 aliphatic heterocycles. The van der Waals surface area contributed by atoms with Crippen molar-refractivity contribution in [3.63, 3.8) is 0 Å². The predicted octanol–water partition coefficient (Wildman–Crippen LogP) is 2.22. The van der Waals surface area contributed by atoms with Crippen LogP contribution in [0.5, 0.6) is 0 Å². The SMILES string of the molecule is Cn1cnnc1SCc1ccc(CN)cc1Cl. The average molecular weight is 269 g/mol. The van der Waals surface area contributed by atoms with Crippen LogP contribution in [0.1, 0.15) is 11.1 Å². The molecule has 2 rings (SSSR count). The Kier molecular flexibility index (Phi) is 4.04. The summed E-state index contributed by atoms with van der Waals surface area (Å²) in [6.45, 7) is 0.510. The van der Waals surface area contributed by atoms with Crippen molar-refractivity contribution in [1.82, 2.24) is 14.8 Å². The number of aryl methyl sites for hydroxylation is 1. The van der Waals surface area contributed by atoms with Gasteiger partial charge < -0.3 is 10.3 Å². The minimum Gasteiger partial charge on any atom is -0.326 e. The van der Waals surface area contributed by atoms with Crippen molar-refractivity contribution in [3.05, 3.63) is 40.7 Å². The van der Waals surface area contributed by atoms with Crippen LogP contribution in [0.3, 0.4) is 0 Å². The first kappa shape index (κ1) is 12.4. The Morgan fingerprint density at radius 3 is 2.88 bits per heavy atom. The number of thioether (sulfide) groups is 1. The summed E-state index contributed by atoms with van der Waals surface area (Å²) in [5, 5.41) is 9.46. The molecule has 0 saturated carbocycles. The third-order valence-corrected chi connectivity index (χ3v) is 3.81. The van der Waals surface area contributed by atoms with Crippen molar-refractivity contribution < 1.29 is 0 Å². The van der Waals surface area contributed by atoms with E-state index in [0.29, 0.717) is 6.54 Å². The van der Waals surface area contributed by atoms with Crippen LogP contribution in [0.15, 0.2) is 29.7 Å². The van der Waals surface area contributed by atoms with Crippen molar-refractivity contribution >= 4 is 23.4 Å². The standard InChI is InChI=1S/C11H13ClN4S/c1-16-7-14-15-11(16)17-6-9-3-2-8(5-13)4-10(9)12/h2-4,7H,5-6,13H2,1H3. The van der Waals surface area contributed by atoms with E-state index >= 15 is 0 Å². The maximum Gasteiger partial charge on any atom is 0.191 e. The second-order valence-electron chi connectivity index (χ2n) is 3.64. The van der Waals surface area contributed by atoms with Crippen molar-refractivity contribution in [2.75, 3.05) is 0 Å². The molecule has 0 unspecified atom stereocenters. The Bertz CT molecular complexity index is 512. The zero-order valence-corrected chi connectivity index (χ0v) is 11.0.